The van der Waals surface area contributed by atoms with Crippen molar-refractivity contribution in [1.82, 2.24) is 15.8 Å². The fourth-order valence-electron chi connectivity index (χ4n) is 2.58. The van der Waals surface area contributed by atoms with Crippen LogP contribution in [0.4, 0.5) is 5.69 Å². The number of carbonyl (C=O) groups is 3. The summed E-state index contributed by atoms with van der Waals surface area (Å²) in [6.07, 6.45) is 2.91. The predicted molar refractivity (Wildman–Crippen MR) is 118 cm³/mol. The molecule has 0 bridgehead atoms. The molecule has 1 aromatic heterocycles. The molecule has 8 heteroatoms. The molecule has 0 aliphatic heterocycles. The lowest BCUT2D eigenvalue weighted by molar-refractivity contribution is -0.117. The van der Waals surface area contributed by atoms with Crippen molar-refractivity contribution in [2.24, 2.45) is 0 Å². The maximum Gasteiger partial charge on any atom is 0.281 e. The van der Waals surface area contributed by atoms with E-state index in [1.807, 2.05) is 30.3 Å². The highest BCUT2D eigenvalue weighted by Gasteiger charge is 2.16. The van der Waals surface area contributed by atoms with Gasteiger partial charge in [0.2, 0.25) is 5.91 Å². The minimum atomic E-state index is -0.472. The van der Waals surface area contributed by atoms with Crippen molar-refractivity contribution in [3.8, 4) is 10.6 Å². The highest BCUT2D eigenvalue weighted by molar-refractivity contribution is 7.17. The molecule has 1 heterocycles. The van der Waals surface area contributed by atoms with Gasteiger partial charge in [-0.05, 0) is 30.7 Å². The molecule has 0 saturated heterocycles. The minimum absolute atomic E-state index is 0.152. The van der Waals surface area contributed by atoms with E-state index in [2.05, 4.69) is 21.2 Å². The van der Waals surface area contributed by atoms with Gasteiger partial charge in [-0.3, -0.25) is 25.2 Å². The molecule has 0 saturated carbocycles. The number of amides is 3. The van der Waals surface area contributed by atoms with Crippen molar-refractivity contribution in [3.63, 3.8) is 0 Å². The molecule has 2 aromatic carbocycles. The molecule has 3 aromatic rings. The molecular weight excluding hydrogens is 400 g/mol. The van der Waals surface area contributed by atoms with Crippen LogP contribution in [-0.2, 0) is 9.59 Å². The fourth-order valence-corrected chi connectivity index (χ4v) is 3.55. The molecule has 0 radical (unpaired) electrons. The Bertz CT molecular complexity index is 1090. The van der Waals surface area contributed by atoms with Gasteiger partial charge in [0.15, 0.2) is 0 Å². The van der Waals surface area contributed by atoms with Gasteiger partial charge in [0.1, 0.15) is 9.88 Å². The zero-order chi connectivity index (χ0) is 21.5. The average Bonchev–Trinajstić information content (AvgIpc) is 3.13. The van der Waals surface area contributed by atoms with Crippen LogP contribution in [0.2, 0.25) is 0 Å². The lowest BCUT2D eigenvalue weighted by Gasteiger charge is -2.04. The van der Waals surface area contributed by atoms with Crippen LogP contribution >= 0.6 is 11.3 Å². The maximum atomic E-state index is 12.4. The molecule has 0 unspecified atom stereocenters. The van der Waals surface area contributed by atoms with Crippen molar-refractivity contribution in [1.29, 1.82) is 0 Å². The van der Waals surface area contributed by atoms with Crippen LogP contribution in [0, 0.1) is 6.92 Å². The third kappa shape index (κ3) is 5.62. The number of anilines is 1. The number of benzene rings is 2. The first-order valence-electron chi connectivity index (χ1n) is 9.11. The Morgan fingerprint density at radius 2 is 1.67 bits per heavy atom. The van der Waals surface area contributed by atoms with E-state index in [-0.39, 0.29) is 5.91 Å². The van der Waals surface area contributed by atoms with Gasteiger partial charge < -0.3 is 5.32 Å². The monoisotopic (exact) mass is 420 g/mol. The van der Waals surface area contributed by atoms with Crippen molar-refractivity contribution in [2.45, 2.75) is 13.8 Å². The summed E-state index contributed by atoms with van der Waals surface area (Å²) in [5, 5.41) is 3.41. The summed E-state index contributed by atoms with van der Waals surface area (Å²) in [4.78, 5) is 40.3. The van der Waals surface area contributed by atoms with Crippen molar-refractivity contribution in [3.05, 3.63) is 76.8 Å². The van der Waals surface area contributed by atoms with Crippen molar-refractivity contribution in [2.75, 3.05) is 5.32 Å². The van der Waals surface area contributed by atoms with E-state index in [0.717, 1.165) is 16.1 Å². The summed E-state index contributed by atoms with van der Waals surface area (Å²) in [6.45, 7) is 3.19. The van der Waals surface area contributed by atoms with Crippen molar-refractivity contribution < 1.29 is 14.4 Å². The highest BCUT2D eigenvalue weighted by atomic mass is 32.1. The van der Waals surface area contributed by atoms with E-state index >= 15 is 0 Å². The van der Waals surface area contributed by atoms with Gasteiger partial charge in [0.05, 0.1) is 5.69 Å². The van der Waals surface area contributed by atoms with Crippen LogP contribution in [0.25, 0.3) is 16.6 Å². The molecule has 0 aliphatic carbocycles. The summed E-state index contributed by atoms with van der Waals surface area (Å²) >= 11 is 1.27. The Kier molecular flexibility index (Phi) is 6.71. The van der Waals surface area contributed by atoms with Crippen molar-refractivity contribution >= 4 is 40.8 Å². The SMILES string of the molecule is CC(=O)Nc1ccc(/C=C/C(=O)NNC(=O)c2sc(-c3ccccc3)nc2C)cc1. The third-order valence-electron chi connectivity index (χ3n) is 3.98. The van der Waals surface area contributed by atoms with E-state index in [9.17, 15) is 14.4 Å². The predicted octanol–water partition coefficient (Wildman–Crippen LogP) is 3.55. The minimum Gasteiger partial charge on any atom is -0.326 e. The second kappa shape index (κ2) is 9.62. The number of hydrazine groups is 1. The standard InChI is InChI=1S/C22H20N4O3S/c1-14-20(30-22(23-14)17-6-4-3-5-7-17)21(29)26-25-19(28)13-10-16-8-11-18(12-9-16)24-15(2)27/h3-13H,1-2H3,(H,24,27)(H,25,28)(H,26,29)/b13-10+. The van der Waals surface area contributed by atoms with Gasteiger partial charge in [-0.25, -0.2) is 4.98 Å². The van der Waals surface area contributed by atoms with Gasteiger partial charge in [-0.15, -0.1) is 11.3 Å². The van der Waals surface area contributed by atoms with E-state index in [4.69, 9.17) is 0 Å². The van der Waals surface area contributed by atoms with E-state index in [1.165, 1.54) is 24.3 Å². The number of hydrogen-bond acceptors (Lipinski definition) is 5. The summed E-state index contributed by atoms with van der Waals surface area (Å²) in [5.74, 6) is -1.05. The average molecular weight is 420 g/mol. The molecule has 0 atom stereocenters. The lowest BCUT2D eigenvalue weighted by atomic mass is 10.2. The Balaban J connectivity index is 1.56. The van der Waals surface area contributed by atoms with Gasteiger partial charge in [-0.2, -0.15) is 0 Å². The van der Waals surface area contributed by atoms with Crippen LogP contribution < -0.4 is 16.2 Å². The number of aromatic nitrogens is 1. The lowest BCUT2D eigenvalue weighted by Crippen LogP contribution is -2.40. The van der Waals surface area contributed by atoms with Crippen LogP contribution in [-0.4, -0.2) is 22.7 Å². The zero-order valence-electron chi connectivity index (χ0n) is 16.4. The Morgan fingerprint density at radius 1 is 0.967 bits per heavy atom. The van der Waals surface area contributed by atoms with Gasteiger partial charge in [-0.1, -0.05) is 42.5 Å². The first kappa shape index (κ1) is 20.9. The molecule has 3 rings (SSSR count). The molecule has 0 aliphatic rings. The number of carbonyl (C=O) groups excluding carboxylic acids is 3. The van der Waals surface area contributed by atoms with Crippen LogP contribution in [0.3, 0.4) is 0 Å². The second-order valence-electron chi connectivity index (χ2n) is 6.38. The molecule has 30 heavy (non-hydrogen) atoms. The van der Waals surface area contributed by atoms with Crippen LogP contribution in [0.15, 0.2) is 60.7 Å². The van der Waals surface area contributed by atoms with Crippen LogP contribution in [0.1, 0.15) is 27.9 Å². The quantitative estimate of drug-likeness (QED) is 0.434. The summed E-state index contributed by atoms with van der Waals surface area (Å²) < 4.78 is 0. The molecular formula is C22H20N4O3S. The number of nitrogens with zero attached hydrogens (tertiary/aromatic N) is 1. The Hall–Kier alpha value is -3.78. The van der Waals surface area contributed by atoms with E-state index in [0.29, 0.717) is 16.3 Å². The number of hydrogen-bond donors (Lipinski definition) is 3. The van der Waals surface area contributed by atoms with E-state index < -0.39 is 11.8 Å². The normalized spacial score (nSPS) is 10.6. The highest BCUT2D eigenvalue weighted by Crippen LogP contribution is 2.27. The summed E-state index contributed by atoms with van der Waals surface area (Å²) in [6, 6.07) is 16.6. The Labute approximate surface area is 177 Å². The second-order valence-corrected chi connectivity index (χ2v) is 7.38. The summed E-state index contributed by atoms with van der Waals surface area (Å²) in [7, 11) is 0. The third-order valence-corrected chi connectivity index (χ3v) is 5.19. The number of aryl methyl sites for hydroxylation is 1. The molecule has 3 amide bonds. The van der Waals surface area contributed by atoms with Gasteiger partial charge >= 0.3 is 0 Å². The topological polar surface area (TPSA) is 100 Å². The molecule has 7 nitrogen and oxygen atoms in total. The number of nitrogens with one attached hydrogen (secondary N) is 3. The largest absolute Gasteiger partial charge is 0.326 e. The summed E-state index contributed by atoms with van der Waals surface area (Å²) in [5.41, 5.74) is 7.74. The van der Waals surface area contributed by atoms with E-state index in [1.54, 1.807) is 37.3 Å². The first-order valence-corrected chi connectivity index (χ1v) is 9.93. The molecule has 152 valence electrons. The smallest absolute Gasteiger partial charge is 0.281 e. The first-order chi connectivity index (χ1) is 14.4. The number of rotatable bonds is 5. The molecule has 0 spiro atoms. The Morgan fingerprint density at radius 3 is 2.33 bits per heavy atom. The van der Waals surface area contributed by atoms with Gasteiger partial charge in [0.25, 0.3) is 11.8 Å². The zero-order valence-corrected chi connectivity index (χ0v) is 17.2. The van der Waals surface area contributed by atoms with Crippen LogP contribution in [0.5, 0.6) is 0 Å². The molecule has 3 N–H and O–H groups in total. The fraction of sp³-hybridized carbons (Fsp3) is 0.0909. The molecule has 0 fully saturated rings. The number of thiazole rings is 1. The van der Waals surface area contributed by atoms with Gasteiger partial charge in [0, 0.05) is 24.3 Å². The maximum absolute atomic E-state index is 12.4.